The summed E-state index contributed by atoms with van der Waals surface area (Å²) in [7, 11) is 1.75. The number of carbonyl (C=O) groups is 1. The molecule has 6 nitrogen and oxygen atoms in total. The Morgan fingerprint density at radius 2 is 1.93 bits per heavy atom. The first-order chi connectivity index (χ1) is 13.0. The molecule has 3 rings (SSSR count). The van der Waals surface area contributed by atoms with E-state index in [4.69, 9.17) is 4.52 Å². The van der Waals surface area contributed by atoms with E-state index in [0.717, 1.165) is 41.2 Å². The molecule has 6 heteroatoms. The molecule has 0 bridgehead atoms. The topological polar surface area (TPSA) is 72.1 Å². The van der Waals surface area contributed by atoms with Gasteiger partial charge in [0.15, 0.2) is 5.76 Å². The Morgan fingerprint density at radius 1 is 1.19 bits per heavy atom. The highest BCUT2D eigenvalue weighted by atomic mass is 16.5. The molecule has 0 saturated carbocycles. The highest BCUT2D eigenvalue weighted by molar-refractivity contribution is 5.94. The Hall–Kier alpha value is -3.02. The van der Waals surface area contributed by atoms with E-state index in [2.05, 4.69) is 22.0 Å². The maximum Gasteiger partial charge on any atom is 0.254 e. The van der Waals surface area contributed by atoms with E-state index in [1.807, 2.05) is 50.4 Å². The average Bonchev–Trinajstić information content (AvgIpc) is 3.07. The van der Waals surface area contributed by atoms with E-state index in [0.29, 0.717) is 17.9 Å². The van der Waals surface area contributed by atoms with Gasteiger partial charge < -0.3 is 9.42 Å². The fraction of sp³-hybridized carbons (Fsp3) is 0.333. The molecule has 0 radical (unpaired) electrons. The van der Waals surface area contributed by atoms with Crippen LogP contribution >= 0.6 is 0 Å². The second kappa shape index (κ2) is 8.12. The second-order valence-electron chi connectivity index (χ2n) is 6.71. The van der Waals surface area contributed by atoms with Crippen molar-refractivity contribution in [2.75, 3.05) is 7.05 Å². The summed E-state index contributed by atoms with van der Waals surface area (Å²) < 4.78 is 5.19. The van der Waals surface area contributed by atoms with Gasteiger partial charge in [-0.3, -0.25) is 4.79 Å². The SMILES string of the molecule is CCCc1cnc(C)nc1-c1ccc(C(=O)N(C)Cc2cc(C)no2)cc1. The van der Waals surface area contributed by atoms with Gasteiger partial charge in [0.2, 0.25) is 0 Å². The number of aromatic nitrogens is 3. The van der Waals surface area contributed by atoms with Gasteiger partial charge in [-0.1, -0.05) is 30.6 Å². The molecule has 0 saturated heterocycles. The average molecular weight is 364 g/mol. The smallest absolute Gasteiger partial charge is 0.254 e. The summed E-state index contributed by atoms with van der Waals surface area (Å²) in [6.45, 7) is 6.26. The zero-order valence-electron chi connectivity index (χ0n) is 16.2. The van der Waals surface area contributed by atoms with Crippen molar-refractivity contribution in [2.24, 2.45) is 0 Å². The number of nitrogens with zero attached hydrogens (tertiary/aromatic N) is 4. The van der Waals surface area contributed by atoms with Crippen LogP contribution in [0.25, 0.3) is 11.3 Å². The number of hydrogen-bond donors (Lipinski definition) is 0. The van der Waals surface area contributed by atoms with Crippen molar-refractivity contribution in [3.63, 3.8) is 0 Å². The first-order valence-electron chi connectivity index (χ1n) is 9.08. The van der Waals surface area contributed by atoms with Crippen molar-refractivity contribution in [2.45, 2.75) is 40.2 Å². The fourth-order valence-corrected chi connectivity index (χ4v) is 2.98. The van der Waals surface area contributed by atoms with Crippen molar-refractivity contribution in [3.8, 4) is 11.3 Å². The monoisotopic (exact) mass is 364 g/mol. The number of amides is 1. The van der Waals surface area contributed by atoms with Crippen molar-refractivity contribution < 1.29 is 9.32 Å². The molecule has 0 unspecified atom stereocenters. The Morgan fingerprint density at radius 3 is 2.56 bits per heavy atom. The van der Waals surface area contributed by atoms with E-state index in [1.165, 1.54) is 0 Å². The van der Waals surface area contributed by atoms with Gasteiger partial charge in [0, 0.05) is 30.4 Å². The third-order valence-electron chi connectivity index (χ3n) is 4.33. The van der Waals surface area contributed by atoms with Crippen LogP contribution in [0.1, 0.15) is 46.5 Å². The molecule has 0 atom stereocenters. The molecule has 3 aromatic rings. The largest absolute Gasteiger partial charge is 0.359 e. The summed E-state index contributed by atoms with van der Waals surface area (Å²) >= 11 is 0. The quantitative estimate of drug-likeness (QED) is 0.662. The lowest BCUT2D eigenvalue weighted by Gasteiger charge is -2.16. The molecule has 0 aliphatic heterocycles. The van der Waals surface area contributed by atoms with Gasteiger partial charge in [0.1, 0.15) is 5.82 Å². The number of rotatable bonds is 6. The predicted octanol–water partition coefficient (Wildman–Crippen LogP) is 3.97. The van der Waals surface area contributed by atoms with Crippen LogP contribution in [0, 0.1) is 13.8 Å². The molecule has 0 spiro atoms. The molecular weight excluding hydrogens is 340 g/mol. The number of hydrogen-bond acceptors (Lipinski definition) is 5. The van der Waals surface area contributed by atoms with E-state index in [9.17, 15) is 4.79 Å². The molecular formula is C21H24N4O2. The number of benzene rings is 1. The van der Waals surface area contributed by atoms with E-state index >= 15 is 0 Å². The van der Waals surface area contributed by atoms with Crippen molar-refractivity contribution in [1.29, 1.82) is 0 Å². The molecule has 0 aliphatic rings. The predicted molar refractivity (Wildman–Crippen MR) is 103 cm³/mol. The Bertz CT molecular complexity index is 932. The van der Waals surface area contributed by atoms with Crippen molar-refractivity contribution >= 4 is 5.91 Å². The van der Waals surface area contributed by atoms with Gasteiger partial charge in [0.05, 0.1) is 17.9 Å². The highest BCUT2D eigenvalue weighted by Crippen LogP contribution is 2.23. The maximum absolute atomic E-state index is 12.7. The van der Waals surface area contributed by atoms with Crippen molar-refractivity contribution in [1.82, 2.24) is 20.0 Å². The normalized spacial score (nSPS) is 10.8. The van der Waals surface area contributed by atoms with E-state index < -0.39 is 0 Å². The van der Waals surface area contributed by atoms with Gasteiger partial charge in [-0.2, -0.15) is 0 Å². The first kappa shape index (κ1) is 18.8. The third-order valence-corrected chi connectivity index (χ3v) is 4.33. The number of aryl methyl sites for hydroxylation is 3. The van der Waals surface area contributed by atoms with Gasteiger partial charge >= 0.3 is 0 Å². The van der Waals surface area contributed by atoms with Crippen LogP contribution in [0.4, 0.5) is 0 Å². The molecule has 2 aromatic heterocycles. The van der Waals surface area contributed by atoms with E-state index in [1.54, 1.807) is 11.9 Å². The Labute approximate surface area is 159 Å². The lowest BCUT2D eigenvalue weighted by Crippen LogP contribution is -2.25. The minimum absolute atomic E-state index is 0.0664. The Balaban J connectivity index is 1.79. The zero-order valence-corrected chi connectivity index (χ0v) is 16.2. The van der Waals surface area contributed by atoms with Gasteiger partial charge in [-0.25, -0.2) is 9.97 Å². The van der Waals surface area contributed by atoms with Crippen LogP contribution < -0.4 is 0 Å². The molecule has 140 valence electrons. The summed E-state index contributed by atoms with van der Waals surface area (Å²) in [6.07, 6.45) is 3.85. The lowest BCUT2D eigenvalue weighted by molar-refractivity contribution is 0.0772. The minimum atomic E-state index is -0.0664. The van der Waals surface area contributed by atoms with Crippen molar-refractivity contribution in [3.05, 3.63) is 64.9 Å². The lowest BCUT2D eigenvalue weighted by atomic mass is 10.0. The molecule has 1 amide bonds. The van der Waals surface area contributed by atoms with Crippen LogP contribution in [-0.2, 0) is 13.0 Å². The molecule has 27 heavy (non-hydrogen) atoms. The van der Waals surface area contributed by atoms with Crippen LogP contribution in [0.3, 0.4) is 0 Å². The van der Waals surface area contributed by atoms with Crippen LogP contribution in [0.2, 0.25) is 0 Å². The Kier molecular flexibility index (Phi) is 5.64. The second-order valence-corrected chi connectivity index (χ2v) is 6.71. The standard InChI is InChI=1S/C21H24N4O2/c1-5-6-18-12-22-15(3)23-20(18)16-7-9-17(10-8-16)21(26)25(4)13-19-11-14(2)24-27-19/h7-12H,5-6,13H2,1-4H3. The van der Waals surface area contributed by atoms with Crippen LogP contribution in [0.5, 0.6) is 0 Å². The zero-order chi connectivity index (χ0) is 19.4. The van der Waals surface area contributed by atoms with E-state index in [-0.39, 0.29) is 5.91 Å². The van der Waals surface area contributed by atoms with Crippen LogP contribution in [-0.4, -0.2) is 33.0 Å². The molecule has 2 heterocycles. The minimum Gasteiger partial charge on any atom is -0.359 e. The van der Waals surface area contributed by atoms with Gasteiger partial charge in [0.25, 0.3) is 5.91 Å². The summed E-state index contributed by atoms with van der Waals surface area (Å²) in [5.74, 6) is 1.34. The fourth-order valence-electron chi connectivity index (χ4n) is 2.98. The molecule has 1 aromatic carbocycles. The summed E-state index contributed by atoms with van der Waals surface area (Å²) in [5, 5.41) is 3.85. The van der Waals surface area contributed by atoms with Gasteiger partial charge in [-0.05, 0) is 38.0 Å². The summed E-state index contributed by atoms with van der Waals surface area (Å²) in [6, 6.07) is 9.40. The summed E-state index contributed by atoms with van der Waals surface area (Å²) in [5.41, 5.74) is 4.49. The first-order valence-corrected chi connectivity index (χ1v) is 9.08. The molecule has 0 N–H and O–H groups in total. The third kappa shape index (κ3) is 4.39. The number of carbonyl (C=O) groups excluding carboxylic acids is 1. The molecule has 0 fully saturated rings. The summed E-state index contributed by atoms with van der Waals surface area (Å²) in [4.78, 5) is 23.2. The van der Waals surface area contributed by atoms with Crippen LogP contribution in [0.15, 0.2) is 41.1 Å². The van der Waals surface area contributed by atoms with Gasteiger partial charge in [-0.15, -0.1) is 0 Å². The molecule has 0 aliphatic carbocycles. The maximum atomic E-state index is 12.7. The highest BCUT2D eigenvalue weighted by Gasteiger charge is 2.15.